The van der Waals surface area contributed by atoms with Gasteiger partial charge in [-0.15, -0.1) is 0 Å². The van der Waals surface area contributed by atoms with Gasteiger partial charge < -0.3 is 5.73 Å². The number of nitrogens with two attached hydrogens (primary N) is 1. The standard InChI is InChI=1S/C13H11BrN4/c14-9-3-5-11-12(6-4-9)18(13(15)17-11)10-2-1-7-16-8-10/h1-5,7-8H,6H2,(H2,15,17). The maximum absolute atomic E-state index is 6.00. The summed E-state index contributed by atoms with van der Waals surface area (Å²) in [5.41, 5.74) is 8.91. The van der Waals surface area contributed by atoms with E-state index < -0.39 is 0 Å². The Kier molecular flexibility index (Phi) is 2.76. The third kappa shape index (κ3) is 1.86. The maximum atomic E-state index is 6.00. The summed E-state index contributed by atoms with van der Waals surface area (Å²) >= 11 is 3.47. The van der Waals surface area contributed by atoms with Crippen LogP contribution in [0.3, 0.4) is 0 Å². The van der Waals surface area contributed by atoms with Crippen LogP contribution in [0.5, 0.6) is 0 Å². The van der Waals surface area contributed by atoms with Crippen LogP contribution in [0.2, 0.25) is 0 Å². The summed E-state index contributed by atoms with van der Waals surface area (Å²) in [5, 5.41) is 0. The third-order valence-corrected chi connectivity index (χ3v) is 3.41. The molecule has 2 N–H and O–H groups in total. The van der Waals surface area contributed by atoms with Gasteiger partial charge in [-0.2, -0.15) is 0 Å². The fourth-order valence-electron chi connectivity index (χ4n) is 2.01. The number of rotatable bonds is 1. The second kappa shape index (κ2) is 4.42. The molecule has 0 aromatic carbocycles. The number of nitrogen functional groups attached to an aromatic ring is 1. The van der Waals surface area contributed by atoms with Crippen LogP contribution in [0.25, 0.3) is 11.8 Å². The number of allylic oxidation sites excluding steroid dienone is 3. The van der Waals surface area contributed by atoms with Crippen molar-refractivity contribution in [1.82, 2.24) is 14.5 Å². The van der Waals surface area contributed by atoms with Crippen molar-refractivity contribution in [2.75, 3.05) is 5.73 Å². The van der Waals surface area contributed by atoms with Gasteiger partial charge in [0, 0.05) is 17.1 Å². The lowest BCUT2D eigenvalue weighted by Gasteiger charge is -2.08. The van der Waals surface area contributed by atoms with Crippen molar-refractivity contribution in [3.05, 3.63) is 52.5 Å². The second-order valence-corrected chi connectivity index (χ2v) is 4.89. The van der Waals surface area contributed by atoms with E-state index in [1.165, 1.54) is 0 Å². The lowest BCUT2D eigenvalue weighted by molar-refractivity contribution is 0.969. The fourth-order valence-corrected chi connectivity index (χ4v) is 2.31. The number of hydrogen-bond donors (Lipinski definition) is 1. The molecule has 0 radical (unpaired) electrons. The Balaban J connectivity index is 2.18. The summed E-state index contributed by atoms with van der Waals surface area (Å²) in [6.07, 6.45) is 10.3. The first kappa shape index (κ1) is 11.2. The van der Waals surface area contributed by atoms with Crippen LogP contribution in [-0.2, 0) is 6.42 Å². The zero-order chi connectivity index (χ0) is 12.5. The minimum Gasteiger partial charge on any atom is -0.369 e. The van der Waals surface area contributed by atoms with E-state index in [9.17, 15) is 0 Å². The molecule has 0 spiro atoms. The van der Waals surface area contributed by atoms with E-state index in [4.69, 9.17) is 5.73 Å². The lowest BCUT2D eigenvalue weighted by atomic mass is 10.2. The van der Waals surface area contributed by atoms with Crippen molar-refractivity contribution in [3.8, 4) is 5.69 Å². The molecule has 0 unspecified atom stereocenters. The lowest BCUT2D eigenvalue weighted by Crippen LogP contribution is -2.04. The first-order valence-electron chi connectivity index (χ1n) is 5.57. The second-order valence-electron chi connectivity index (χ2n) is 3.98. The highest BCUT2D eigenvalue weighted by Crippen LogP contribution is 2.25. The summed E-state index contributed by atoms with van der Waals surface area (Å²) in [6, 6.07) is 3.86. The van der Waals surface area contributed by atoms with E-state index in [0.29, 0.717) is 5.95 Å². The van der Waals surface area contributed by atoms with Gasteiger partial charge >= 0.3 is 0 Å². The third-order valence-electron chi connectivity index (χ3n) is 2.82. The molecule has 18 heavy (non-hydrogen) atoms. The highest BCUT2D eigenvalue weighted by atomic mass is 79.9. The van der Waals surface area contributed by atoms with Crippen molar-refractivity contribution in [2.45, 2.75) is 6.42 Å². The Bertz CT molecular complexity index is 641. The number of halogens is 1. The van der Waals surface area contributed by atoms with Crippen LogP contribution in [0.4, 0.5) is 5.95 Å². The average Bonchev–Trinajstić information content (AvgIpc) is 2.60. The van der Waals surface area contributed by atoms with Gasteiger partial charge in [0.15, 0.2) is 0 Å². The van der Waals surface area contributed by atoms with E-state index in [0.717, 1.165) is 28.0 Å². The van der Waals surface area contributed by atoms with Gasteiger partial charge in [0.2, 0.25) is 5.95 Å². The summed E-state index contributed by atoms with van der Waals surface area (Å²) in [4.78, 5) is 8.52. The first-order chi connectivity index (χ1) is 8.75. The van der Waals surface area contributed by atoms with Crippen LogP contribution in [0.15, 0.2) is 41.2 Å². The summed E-state index contributed by atoms with van der Waals surface area (Å²) in [6.45, 7) is 0. The SMILES string of the molecule is Nc1nc2c(n1-c1cccnc1)CC=C(Br)C=C2. The van der Waals surface area contributed by atoms with Gasteiger partial charge in [0.1, 0.15) is 0 Å². The fraction of sp³-hybridized carbons (Fsp3) is 0.0769. The zero-order valence-corrected chi connectivity index (χ0v) is 11.1. The van der Waals surface area contributed by atoms with Gasteiger partial charge in [-0.25, -0.2) is 4.98 Å². The van der Waals surface area contributed by atoms with Gasteiger partial charge in [-0.3, -0.25) is 9.55 Å². The predicted molar refractivity (Wildman–Crippen MR) is 75.5 cm³/mol. The number of anilines is 1. The van der Waals surface area contributed by atoms with E-state index in [-0.39, 0.29) is 0 Å². The number of hydrogen-bond acceptors (Lipinski definition) is 3. The molecule has 0 saturated carbocycles. The normalized spacial score (nSPS) is 13.9. The van der Waals surface area contributed by atoms with E-state index in [2.05, 4.69) is 32.0 Å². The number of nitrogens with zero attached hydrogens (tertiary/aromatic N) is 3. The number of imidazole rings is 1. The van der Waals surface area contributed by atoms with E-state index in [1.54, 1.807) is 12.4 Å². The highest BCUT2D eigenvalue weighted by molar-refractivity contribution is 9.11. The average molecular weight is 303 g/mol. The molecule has 90 valence electrons. The van der Waals surface area contributed by atoms with Crippen molar-refractivity contribution in [2.24, 2.45) is 0 Å². The molecule has 2 heterocycles. The van der Waals surface area contributed by atoms with Crippen molar-refractivity contribution in [3.63, 3.8) is 0 Å². The quantitative estimate of drug-likeness (QED) is 0.881. The molecule has 1 aliphatic carbocycles. The van der Waals surface area contributed by atoms with Crippen molar-refractivity contribution in [1.29, 1.82) is 0 Å². The minimum absolute atomic E-state index is 0.490. The Hall–Kier alpha value is -1.88. The molecule has 0 atom stereocenters. The largest absolute Gasteiger partial charge is 0.369 e. The zero-order valence-electron chi connectivity index (χ0n) is 9.55. The van der Waals surface area contributed by atoms with Gasteiger partial charge in [0.05, 0.1) is 23.3 Å². The van der Waals surface area contributed by atoms with Gasteiger partial charge in [-0.05, 0) is 24.3 Å². The Morgan fingerprint density at radius 3 is 3.00 bits per heavy atom. The molecule has 0 amide bonds. The summed E-state index contributed by atoms with van der Waals surface area (Å²) in [7, 11) is 0. The van der Waals surface area contributed by atoms with Gasteiger partial charge in [-0.1, -0.05) is 22.0 Å². The summed E-state index contributed by atoms with van der Waals surface area (Å²) in [5.74, 6) is 0.490. The Labute approximate surface area is 113 Å². The molecule has 2 aromatic rings. The maximum Gasteiger partial charge on any atom is 0.205 e. The topological polar surface area (TPSA) is 56.7 Å². The summed E-state index contributed by atoms with van der Waals surface area (Å²) < 4.78 is 2.99. The van der Waals surface area contributed by atoms with Crippen molar-refractivity contribution >= 4 is 28.0 Å². The Morgan fingerprint density at radius 2 is 2.22 bits per heavy atom. The van der Waals surface area contributed by atoms with Crippen molar-refractivity contribution < 1.29 is 0 Å². The first-order valence-corrected chi connectivity index (χ1v) is 6.36. The highest BCUT2D eigenvalue weighted by Gasteiger charge is 2.15. The predicted octanol–water partition coefficient (Wildman–Crippen LogP) is 2.70. The molecule has 4 nitrogen and oxygen atoms in total. The van der Waals surface area contributed by atoms with Crippen LogP contribution < -0.4 is 5.73 Å². The molecule has 5 heteroatoms. The molecule has 0 fully saturated rings. The number of fused-ring (bicyclic) bond motifs is 1. The van der Waals surface area contributed by atoms with E-state index >= 15 is 0 Å². The molecule has 1 aliphatic rings. The minimum atomic E-state index is 0.490. The van der Waals surface area contributed by atoms with Crippen LogP contribution in [0, 0.1) is 0 Å². The molecule has 0 bridgehead atoms. The molecular weight excluding hydrogens is 292 g/mol. The molecule has 2 aromatic heterocycles. The molecule has 3 rings (SSSR count). The number of pyridine rings is 1. The van der Waals surface area contributed by atoms with Crippen LogP contribution in [-0.4, -0.2) is 14.5 Å². The van der Waals surface area contributed by atoms with Gasteiger partial charge in [0.25, 0.3) is 0 Å². The monoisotopic (exact) mass is 302 g/mol. The Morgan fingerprint density at radius 1 is 1.33 bits per heavy atom. The molecule has 0 saturated heterocycles. The van der Waals surface area contributed by atoms with Crippen LogP contribution in [0.1, 0.15) is 11.4 Å². The smallest absolute Gasteiger partial charge is 0.205 e. The molecular formula is C13H11BrN4. The van der Waals surface area contributed by atoms with E-state index in [1.807, 2.05) is 28.9 Å². The molecule has 0 aliphatic heterocycles. The van der Waals surface area contributed by atoms with Crippen LogP contribution >= 0.6 is 15.9 Å². The number of aromatic nitrogens is 3.